The number of methoxy groups -OCH3 is 2. The van der Waals surface area contributed by atoms with Crippen LogP contribution < -0.4 is 25.4 Å². The van der Waals surface area contributed by atoms with Gasteiger partial charge in [-0.05, 0) is 42.9 Å². The lowest BCUT2D eigenvalue weighted by molar-refractivity contribution is -0.124. The molecule has 1 atom stereocenters. The van der Waals surface area contributed by atoms with Crippen LogP contribution in [0.3, 0.4) is 0 Å². The second kappa shape index (κ2) is 12.2. The molecule has 0 spiro atoms. The van der Waals surface area contributed by atoms with Crippen LogP contribution in [0.15, 0.2) is 18.2 Å². The predicted molar refractivity (Wildman–Crippen MR) is 121 cm³/mol. The van der Waals surface area contributed by atoms with Crippen LogP contribution in [0.5, 0.6) is 11.5 Å². The molecule has 0 aromatic heterocycles. The largest absolute Gasteiger partial charge is 0.493 e. The number of hydrogen-bond acceptors (Lipinski definition) is 5. The topological polar surface area (TPSA) is 113 Å². The molecule has 1 aromatic carbocycles. The number of carbonyl (C=O) groups is 2. The molecule has 1 aliphatic carbocycles. The molecule has 1 saturated carbocycles. The standard InChI is InChI=1S/C23H36N4O4/c1-15(2)12-18(22(29)25-17-8-6-5-7-9-17)26-23(24)27-21(28)14-16-10-11-19(30-3)20(13-16)31-4/h10-11,13,15,17-18H,5-9,12,14H2,1-4H3,(H,25,29)(H3,24,26,27,28)/t18-/m1/s1. The van der Waals surface area contributed by atoms with Crippen molar-refractivity contribution in [2.75, 3.05) is 14.2 Å². The van der Waals surface area contributed by atoms with Crippen molar-refractivity contribution < 1.29 is 19.1 Å². The first kappa shape index (κ1) is 24.5. The Kier molecular flexibility index (Phi) is 9.62. The fourth-order valence-corrected chi connectivity index (χ4v) is 3.82. The molecular weight excluding hydrogens is 396 g/mol. The molecule has 8 nitrogen and oxygen atoms in total. The van der Waals surface area contributed by atoms with Gasteiger partial charge in [0.15, 0.2) is 17.5 Å². The van der Waals surface area contributed by atoms with Crippen LogP contribution in [-0.4, -0.2) is 44.1 Å². The van der Waals surface area contributed by atoms with Gasteiger partial charge in [0.2, 0.25) is 11.8 Å². The second-order valence-corrected chi connectivity index (χ2v) is 8.46. The number of nitrogens with one attached hydrogen (secondary N) is 4. The molecule has 0 bridgehead atoms. The van der Waals surface area contributed by atoms with Gasteiger partial charge in [0.1, 0.15) is 6.04 Å². The van der Waals surface area contributed by atoms with E-state index in [2.05, 4.69) is 16.0 Å². The quantitative estimate of drug-likeness (QED) is 0.354. The molecule has 0 aliphatic heterocycles. The smallest absolute Gasteiger partial charge is 0.242 e. The maximum Gasteiger partial charge on any atom is 0.242 e. The number of rotatable bonds is 9. The third kappa shape index (κ3) is 8.11. The Morgan fingerprint density at radius 1 is 1.10 bits per heavy atom. The summed E-state index contributed by atoms with van der Waals surface area (Å²) in [5, 5.41) is 16.7. The van der Waals surface area contributed by atoms with E-state index < -0.39 is 6.04 Å². The lowest BCUT2D eigenvalue weighted by Crippen LogP contribution is -2.54. The van der Waals surface area contributed by atoms with Crippen LogP contribution in [0.4, 0.5) is 0 Å². The Balaban J connectivity index is 1.91. The average Bonchev–Trinajstić information content (AvgIpc) is 2.73. The Morgan fingerprint density at radius 3 is 2.39 bits per heavy atom. The number of hydrogen-bond donors (Lipinski definition) is 4. The number of ether oxygens (including phenoxy) is 2. The summed E-state index contributed by atoms with van der Waals surface area (Å²) in [4.78, 5) is 25.2. The third-order valence-corrected chi connectivity index (χ3v) is 5.37. The van der Waals surface area contributed by atoms with Crippen LogP contribution in [0, 0.1) is 11.3 Å². The molecule has 2 amide bonds. The minimum Gasteiger partial charge on any atom is -0.493 e. The van der Waals surface area contributed by atoms with Gasteiger partial charge >= 0.3 is 0 Å². The van der Waals surface area contributed by atoms with Crippen LogP contribution in [-0.2, 0) is 16.0 Å². The Morgan fingerprint density at radius 2 is 1.77 bits per heavy atom. The van der Waals surface area contributed by atoms with Crippen molar-refractivity contribution in [1.82, 2.24) is 16.0 Å². The van der Waals surface area contributed by atoms with Crippen molar-refractivity contribution in [1.29, 1.82) is 5.41 Å². The summed E-state index contributed by atoms with van der Waals surface area (Å²) in [5.74, 6) is 0.763. The van der Waals surface area contributed by atoms with E-state index in [1.165, 1.54) is 13.5 Å². The van der Waals surface area contributed by atoms with Crippen LogP contribution in [0.2, 0.25) is 0 Å². The number of carbonyl (C=O) groups excluding carboxylic acids is 2. The van der Waals surface area contributed by atoms with Gasteiger partial charge < -0.3 is 20.1 Å². The highest BCUT2D eigenvalue weighted by Crippen LogP contribution is 2.27. The molecule has 31 heavy (non-hydrogen) atoms. The second-order valence-electron chi connectivity index (χ2n) is 8.46. The molecule has 1 fully saturated rings. The number of guanidine groups is 1. The van der Waals surface area contributed by atoms with Crippen molar-refractivity contribution in [3.8, 4) is 11.5 Å². The Labute approximate surface area is 185 Å². The van der Waals surface area contributed by atoms with E-state index in [0.29, 0.717) is 17.9 Å². The maximum absolute atomic E-state index is 12.8. The summed E-state index contributed by atoms with van der Waals surface area (Å²) in [6.07, 6.45) is 6.14. The van der Waals surface area contributed by atoms with Gasteiger partial charge in [0.25, 0.3) is 0 Å². The minimum atomic E-state index is -0.559. The fraction of sp³-hybridized carbons (Fsp3) is 0.609. The molecule has 1 aromatic rings. The van der Waals surface area contributed by atoms with Crippen molar-refractivity contribution in [2.45, 2.75) is 70.9 Å². The first-order chi connectivity index (χ1) is 14.8. The number of benzene rings is 1. The molecule has 1 aliphatic rings. The lowest BCUT2D eigenvalue weighted by atomic mass is 9.94. The summed E-state index contributed by atoms with van der Waals surface area (Å²) in [7, 11) is 3.09. The molecule has 172 valence electrons. The van der Waals surface area contributed by atoms with E-state index in [-0.39, 0.29) is 36.2 Å². The Hall–Kier alpha value is -2.77. The highest BCUT2D eigenvalue weighted by Gasteiger charge is 2.24. The van der Waals surface area contributed by atoms with E-state index in [1.807, 2.05) is 13.8 Å². The van der Waals surface area contributed by atoms with Gasteiger partial charge in [-0.15, -0.1) is 0 Å². The fourth-order valence-electron chi connectivity index (χ4n) is 3.82. The zero-order valence-corrected chi connectivity index (χ0v) is 19.0. The van der Waals surface area contributed by atoms with Crippen LogP contribution >= 0.6 is 0 Å². The lowest BCUT2D eigenvalue weighted by Gasteiger charge is -2.27. The SMILES string of the molecule is COc1ccc(CC(=O)NC(=N)N[C@H](CC(C)C)C(=O)NC2CCCCC2)cc1OC. The number of amides is 2. The molecule has 0 heterocycles. The summed E-state index contributed by atoms with van der Waals surface area (Å²) in [6, 6.07) is 4.88. The Bertz CT molecular complexity index is 760. The summed E-state index contributed by atoms with van der Waals surface area (Å²) < 4.78 is 10.5. The summed E-state index contributed by atoms with van der Waals surface area (Å²) in [6.45, 7) is 4.06. The zero-order chi connectivity index (χ0) is 22.8. The van der Waals surface area contributed by atoms with E-state index in [1.54, 1.807) is 25.3 Å². The molecule has 0 unspecified atom stereocenters. The molecular formula is C23H36N4O4. The van der Waals surface area contributed by atoms with Crippen molar-refractivity contribution in [3.05, 3.63) is 23.8 Å². The first-order valence-electron chi connectivity index (χ1n) is 11.0. The third-order valence-electron chi connectivity index (χ3n) is 5.37. The van der Waals surface area contributed by atoms with Crippen LogP contribution in [0.25, 0.3) is 0 Å². The van der Waals surface area contributed by atoms with Gasteiger partial charge in [0, 0.05) is 6.04 Å². The van der Waals surface area contributed by atoms with Crippen molar-refractivity contribution in [2.24, 2.45) is 5.92 Å². The van der Waals surface area contributed by atoms with Crippen molar-refractivity contribution >= 4 is 17.8 Å². The minimum absolute atomic E-state index is 0.0769. The monoisotopic (exact) mass is 432 g/mol. The maximum atomic E-state index is 12.8. The zero-order valence-electron chi connectivity index (χ0n) is 19.0. The van der Waals surface area contributed by atoms with Gasteiger partial charge in [0.05, 0.1) is 20.6 Å². The van der Waals surface area contributed by atoms with E-state index >= 15 is 0 Å². The van der Waals surface area contributed by atoms with Crippen LogP contribution in [0.1, 0.15) is 57.9 Å². The van der Waals surface area contributed by atoms with Gasteiger partial charge in [-0.2, -0.15) is 0 Å². The van der Waals surface area contributed by atoms with Gasteiger partial charge in [-0.25, -0.2) is 0 Å². The van der Waals surface area contributed by atoms with E-state index in [4.69, 9.17) is 14.9 Å². The summed E-state index contributed by atoms with van der Waals surface area (Å²) in [5.41, 5.74) is 0.733. The molecule has 2 rings (SSSR count). The van der Waals surface area contributed by atoms with Crippen molar-refractivity contribution in [3.63, 3.8) is 0 Å². The average molecular weight is 433 g/mol. The molecule has 0 saturated heterocycles. The molecule has 0 radical (unpaired) electrons. The van der Waals surface area contributed by atoms with Gasteiger partial charge in [-0.3, -0.25) is 20.3 Å². The normalized spacial score (nSPS) is 15.1. The highest BCUT2D eigenvalue weighted by atomic mass is 16.5. The van der Waals surface area contributed by atoms with E-state index in [9.17, 15) is 9.59 Å². The van der Waals surface area contributed by atoms with E-state index in [0.717, 1.165) is 31.2 Å². The highest BCUT2D eigenvalue weighted by molar-refractivity contribution is 5.98. The molecule has 8 heteroatoms. The van der Waals surface area contributed by atoms with Gasteiger partial charge in [-0.1, -0.05) is 39.2 Å². The first-order valence-corrected chi connectivity index (χ1v) is 11.0. The summed E-state index contributed by atoms with van der Waals surface area (Å²) >= 11 is 0. The molecule has 4 N–H and O–H groups in total. The predicted octanol–water partition coefficient (Wildman–Crippen LogP) is 2.75.